The topological polar surface area (TPSA) is 70.5 Å². The normalized spacial score (nSPS) is 9.00. The van der Waals surface area contributed by atoms with Crippen molar-refractivity contribution >= 4 is 34.8 Å². The highest BCUT2D eigenvalue weighted by Crippen LogP contribution is 1.85. The van der Waals surface area contributed by atoms with Gasteiger partial charge in [-0.1, -0.05) is 0 Å². The number of thiocarbonyl (C=S) groups is 2. The molecule has 0 bridgehead atoms. The molecule has 6 heteroatoms. The Kier molecular flexibility index (Phi) is 10.1. The lowest BCUT2D eigenvalue weighted by molar-refractivity contribution is 0.231. The second kappa shape index (κ2) is 8.96. The van der Waals surface area contributed by atoms with Gasteiger partial charge in [-0.3, -0.25) is 0 Å². The average molecular weight is 238 g/mol. The first kappa shape index (κ1) is 15.8. The fourth-order valence-electron chi connectivity index (χ4n) is 0.465. The summed E-state index contributed by atoms with van der Waals surface area (Å²) in [5.41, 5.74) is 10.0. The maximum atomic E-state index is 5.00. The lowest BCUT2D eigenvalue weighted by Crippen LogP contribution is -2.17. The number of rotatable bonds is 2. The van der Waals surface area contributed by atoms with Crippen LogP contribution in [0.1, 0.15) is 27.7 Å². The second-order valence-electron chi connectivity index (χ2n) is 2.97. The van der Waals surface area contributed by atoms with Crippen LogP contribution in [0, 0.1) is 0 Å². The van der Waals surface area contributed by atoms with Gasteiger partial charge < -0.3 is 20.9 Å². The lowest BCUT2D eigenvalue weighted by atomic mass is 10.5. The minimum absolute atomic E-state index is 0.109. The zero-order valence-electron chi connectivity index (χ0n) is 8.94. The fourth-order valence-corrected chi connectivity index (χ4v) is 0.850. The molecule has 0 unspecified atom stereocenters. The maximum absolute atomic E-state index is 5.00. The third-order valence-electron chi connectivity index (χ3n) is 0.704. The molecular weight excluding hydrogens is 220 g/mol. The van der Waals surface area contributed by atoms with Gasteiger partial charge in [0.05, 0.1) is 12.2 Å². The zero-order chi connectivity index (χ0) is 11.7. The molecule has 0 heterocycles. The summed E-state index contributed by atoms with van der Waals surface area (Å²) >= 11 is 8.85. The van der Waals surface area contributed by atoms with Crippen molar-refractivity contribution < 1.29 is 9.47 Å². The van der Waals surface area contributed by atoms with E-state index in [1.54, 1.807) is 0 Å². The molecule has 4 N–H and O–H groups in total. The molecule has 14 heavy (non-hydrogen) atoms. The summed E-state index contributed by atoms with van der Waals surface area (Å²) in [4.78, 5) is 0. The first-order valence-electron chi connectivity index (χ1n) is 4.17. The van der Waals surface area contributed by atoms with E-state index < -0.39 is 0 Å². The number of ether oxygens (including phenoxy) is 2. The van der Waals surface area contributed by atoms with Crippen molar-refractivity contribution in [1.82, 2.24) is 0 Å². The van der Waals surface area contributed by atoms with Crippen LogP contribution in [0.15, 0.2) is 0 Å². The van der Waals surface area contributed by atoms with E-state index in [1.165, 1.54) is 0 Å². The Bertz CT molecular complexity index is 164. The van der Waals surface area contributed by atoms with Crippen LogP contribution in [0.4, 0.5) is 0 Å². The van der Waals surface area contributed by atoms with E-state index in [1.807, 2.05) is 27.7 Å². The van der Waals surface area contributed by atoms with Crippen molar-refractivity contribution in [3.63, 3.8) is 0 Å². The van der Waals surface area contributed by atoms with Gasteiger partial charge in [-0.05, 0) is 52.1 Å². The summed E-state index contributed by atoms with van der Waals surface area (Å²) in [7, 11) is 0. The van der Waals surface area contributed by atoms with Crippen LogP contribution in [0.5, 0.6) is 0 Å². The molecule has 84 valence electrons. The summed E-state index contributed by atoms with van der Waals surface area (Å²) in [5, 5.41) is 0.241. The molecule has 4 nitrogen and oxygen atoms in total. The van der Waals surface area contributed by atoms with Gasteiger partial charge in [-0.15, -0.1) is 0 Å². The van der Waals surface area contributed by atoms with Crippen LogP contribution in [0.25, 0.3) is 0 Å². The minimum Gasteiger partial charge on any atom is -0.468 e. The number of hydrogen-bond acceptors (Lipinski definition) is 4. The predicted molar refractivity (Wildman–Crippen MR) is 66.0 cm³/mol. The van der Waals surface area contributed by atoms with E-state index >= 15 is 0 Å². The Balaban J connectivity index is 0. The zero-order valence-corrected chi connectivity index (χ0v) is 10.6. The quantitative estimate of drug-likeness (QED) is 0.707. The van der Waals surface area contributed by atoms with Gasteiger partial charge >= 0.3 is 0 Å². The smallest absolute Gasteiger partial charge is 0.254 e. The summed E-state index contributed by atoms with van der Waals surface area (Å²) in [6.07, 6.45) is 0.218. The van der Waals surface area contributed by atoms with E-state index in [0.717, 1.165) is 0 Å². The van der Waals surface area contributed by atoms with Crippen molar-refractivity contribution in [3.8, 4) is 0 Å². The van der Waals surface area contributed by atoms with Gasteiger partial charge in [-0.2, -0.15) is 0 Å². The molecule has 0 aliphatic carbocycles. The molecule has 0 saturated heterocycles. The first-order chi connectivity index (χ1) is 6.25. The monoisotopic (exact) mass is 238 g/mol. The van der Waals surface area contributed by atoms with E-state index in [9.17, 15) is 0 Å². The van der Waals surface area contributed by atoms with E-state index in [-0.39, 0.29) is 22.6 Å². The van der Waals surface area contributed by atoms with Crippen LogP contribution in [0.2, 0.25) is 0 Å². The Labute approximate surface area is 95.9 Å². The maximum Gasteiger partial charge on any atom is 0.254 e. The molecule has 0 aromatic heterocycles. The Morgan fingerprint density at radius 1 is 0.857 bits per heavy atom. The van der Waals surface area contributed by atoms with Crippen LogP contribution < -0.4 is 11.5 Å². The molecule has 0 aliphatic rings. The molecule has 0 radical (unpaired) electrons. The molecule has 0 spiro atoms. The number of hydrogen-bond donors (Lipinski definition) is 2. The van der Waals surface area contributed by atoms with Crippen LogP contribution >= 0.6 is 24.4 Å². The van der Waals surface area contributed by atoms with Crippen LogP contribution in [0.3, 0.4) is 0 Å². The van der Waals surface area contributed by atoms with E-state index in [4.69, 9.17) is 20.9 Å². The van der Waals surface area contributed by atoms with Gasteiger partial charge in [0.2, 0.25) is 0 Å². The van der Waals surface area contributed by atoms with Gasteiger partial charge in [0.1, 0.15) is 0 Å². The summed E-state index contributed by atoms with van der Waals surface area (Å²) in [5.74, 6) is 0. The van der Waals surface area contributed by atoms with Crippen LogP contribution in [-0.4, -0.2) is 22.6 Å². The molecule has 0 saturated carbocycles. The molecule has 0 aliphatic heterocycles. The van der Waals surface area contributed by atoms with Crippen molar-refractivity contribution in [2.75, 3.05) is 0 Å². The molecule has 0 amide bonds. The van der Waals surface area contributed by atoms with Gasteiger partial charge in [0.25, 0.3) is 10.3 Å². The van der Waals surface area contributed by atoms with Crippen molar-refractivity contribution in [2.45, 2.75) is 39.9 Å². The highest BCUT2D eigenvalue weighted by molar-refractivity contribution is 7.80. The van der Waals surface area contributed by atoms with Crippen molar-refractivity contribution in [1.29, 1.82) is 0 Å². The SMILES string of the molecule is CC(C)OC(N)=S.CC(C)OC(N)=S. The lowest BCUT2D eigenvalue weighted by Gasteiger charge is -2.04. The Morgan fingerprint density at radius 2 is 1.07 bits per heavy atom. The van der Waals surface area contributed by atoms with Crippen LogP contribution in [-0.2, 0) is 9.47 Å². The van der Waals surface area contributed by atoms with Crippen molar-refractivity contribution in [3.05, 3.63) is 0 Å². The van der Waals surface area contributed by atoms with Gasteiger partial charge in [-0.25, -0.2) is 0 Å². The molecule has 0 aromatic carbocycles. The fraction of sp³-hybridized carbons (Fsp3) is 0.750. The van der Waals surface area contributed by atoms with Gasteiger partial charge in [0, 0.05) is 0 Å². The molecular formula is C8H18N2O2S2. The number of nitrogens with two attached hydrogens (primary N) is 2. The molecule has 0 atom stereocenters. The summed E-state index contributed by atoms with van der Waals surface area (Å²) < 4.78 is 9.52. The van der Waals surface area contributed by atoms with E-state index in [2.05, 4.69) is 24.4 Å². The Morgan fingerprint density at radius 3 is 1.07 bits per heavy atom. The highest BCUT2D eigenvalue weighted by Gasteiger charge is 1.91. The highest BCUT2D eigenvalue weighted by atomic mass is 32.1. The summed E-state index contributed by atoms with van der Waals surface area (Å²) in [6.45, 7) is 7.50. The molecule has 0 aromatic rings. The second-order valence-corrected chi connectivity index (χ2v) is 3.78. The minimum atomic E-state index is 0.109. The predicted octanol–water partition coefficient (Wildman–Crippen LogP) is 1.31. The largest absolute Gasteiger partial charge is 0.468 e. The third kappa shape index (κ3) is 22.5. The molecule has 0 fully saturated rings. The van der Waals surface area contributed by atoms with E-state index in [0.29, 0.717) is 0 Å². The van der Waals surface area contributed by atoms with Gasteiger partial charge in [0.15, 0.2) is 0 Å². The standard InChI is InChI=1S/2C4H9NOS/c2*1-3(2)6-4(5)7/h2*3H,1-2H3,(H2,5,7). The molecule has 0 rings (SSSR count). The first-order valence-corrected chi connectivity index (χ1v) is 4.99. The summed E-state index contributed by atoms with van der Waals surface area (Å²) in [6, 6.07) is 0. The Hall–Kier alpha value is -0.620. The average Bonchev–Trinajstić information content (AvgIpc) is 1.79. The van der Waals surface area contributed by atoms with Crippen molar-refractivity contribution in [2.24, 2.45) is 11.5 Å². The third-order valence-corrected chi connectivity index (χ3v) is 0.896.